The number of halogens is 2. The predicted octanol–water partition coefficient (Wildman–Crippen LogP) is 3.93. The van der Waals surface area contributed by atoms with E-state index < -0.39 is 6.10 Å². The molecule has 0 saturated carbocycles. The Labute approximate surface area is 188 Å². The van der Waals surface area contributed by atoms with Crippen molar-refractivity contribution in [2.24, 2.45) is 7.05 Å². The lowest BCUT2D eigenvalue weighted by Gasteiger charge is -2.22. The molecule has 0 amide bonds. The maximum Gasteiger partial charge on any atom is 0.138 e. The number of aliphatic hydroxyl groups is 1. The SMILES string of the molecule is COc1cccc(C(NCC(O)COc2ccc(C)cc2Cl)c2nccn2C)c1.Cl. The van der Waals surface area contributed by atoms with Gasteiger partial charge in [0.15, 0.2) is 0 Å². The van der Waals surface area contributed by atoms with E-state index in [0.717, 1.165) is 22.7 Å². The average Bonchev–Trinajstić information content (AvgIpc) is 3.13. The number of hydrogen-bond donors (Lipinski definition) is 2. The van der Waals surface area contributed by atoms with Gasteiger partial charge in [-0.15, -0.1) is 12.4 Å². The van der Waals surface area contributed by atoms with Crippen molar-refractivity contribution in [3.8, 4) is 11.5 Å². The molecule has 6 nitrogen and oxygen atoms in total. The molecular formula is C22H27Cl2N3O3. The summed E-state index contributed by atoms with van der Waals surface area (Å²) >= 11 is 6.19. The first-order chi connectivity index (χ1) is 14.0. The van der Waals surface area contributed by atoms with Crippen molar-refractivity contribution in [3.63, 3.8) is 0 Å². The topological polar surface area (TPSA) is 68.5 Å². The van der Waals surface area contributed by atoms with E-state index in [1.807, 2.05) is 67.2 Å². The fraction of sp³-hybridized carbons (Fsp3) is 0.318. The van der Waals surface area contributed by atoms with Gasteiger partial charge in [0.2, 0.25) is 0 Å². The molecule has 1 heterocycles. The van der Waals surface area contributed by atoms with E-state index in [9.17, 15) is 5.11 Å². The molecule has 2 unspecified atom stereocenters. The van der Waals surface area contributed by atoms with Crippen molar-refractivity contribution >= 4 is 24.0 Å². The van der Waals surface area contributed by atoms with Crippen LogP contribution in [0.3, 0.4) is 0 Å². The van der Waals surface area contributed by atoms with Crippen LogP contribution in [0.25, 0.3) is 0 Å². The van der Waals surface area contributed by atoms with Gasteiger partial charge < -0.3 is 24.5 Å². The first-order valence-corrected chi connectivity index (χ1v) is 9.77. The van der Waals surface area contributed by atoms with Crippen LogP contribution in [0.5, 0.6) is 11.5 Å². The lowest BCUT2D eigenvalue weighted by atomic mass is 10.1. The van der Waals surface area contributed by atoms with Crippen molar-refractivity contribution in [2.75, 3.05) is 20.3 Å². The molecule has 3 aromatic rings. The number of hydrogen-bond acceptors (Lipinski definition) is 5. The van der Waals surface area contributed by atoms with Crippen molar-refractivity contribution in [1.29, 1.82) is 0 Å². The van der Waals surface area contributed by atoms with Crippen LogP contribution in [0, 0.1) is 6.92 Å². The standard InChI is InChI=1S/C22H26ClN3O3.ClH/c1-15-7-8-20(19(23)11-15)29-14-17(27)13-25-21(22-24-9-10-26(22)2)16-5-4-6-18(12-16)28-3;/h4-12,17,21,25,27H,13-14H2,1-3H3;1H. The van der Waals surface area contributed by atoms with Gasteiger partial charge >= 0.3 is 0 Å². The molecule has 8 heteroatoms. The monoisotopic (exact) mass is 451 g/mol. The highest BCUT2D eigenvalue weighted by Crippen LogP contribution is 2.26. The Hall–Kier alpha value is -2.25. The number of aromatic nitrogens is 2. The molecule has 3 rings (SSSR count). The Morgan fingerprint density at radius 2 is 2.03 bits per heavy atom. The molecule has 0 bridgehead atoms. The van der Waals surface area contributed by atoms with Gasteiger partial charge in [0.1, 0.15) is 30.0 Å². The van der Waals surface area contributed by atoms with Gasteiger partial charge in [0, 0.05) is 26.0 Å². The van der Waals surface area contributed by atoms with Crippen molar-refractivity contribution in [3.05, 3.63) is 76.8 Å². The molecular weight excluding hydrogens is 425 g/mol. The number of aliphatic hydroxyl groups excluding tert-OH is 1. The number of nitrogens with zero attached hydrogens (tertiary/aromatic N) is 2. The summed E-state index contributed by atoms with van der Waals surface area (Å²) in [4.78, 5) is 4.47. The average molecular weight is 452 g/mol. The van der Waals surface area contributed by atoms with E-state index in [1.54, 1.807) is 13.3 Å². The Balaban J connectivity index is 0.00000320. The van der Waals surface area contributed by atoms with Gasteiger partial charge in [-0.1, -0.05) is 29.8 Å². The van der Waals surface area contributed by atoms with Gasteiger partial charge in [-0.25, -0.2) is 4.98 Å². The second-order valence-corrected chi connectivity index (χ2v) is 7.32. The number of nitrogens with one attached hydrogen (secondary N) is 1. The zero-order valence-electron chi connectivity index (χ0n) is 17.2. The second kappa shape index (κ2) is 11.2. The molecule has 2 atom stereocenters. The summed E-state index contributed by atoms with van der Waals surface area (Å²) < 4.78 is 13.0. The van der Waals surface area contributed by atoms with E-state index >= 15 is 0 Å². The van der Waals surface area contributed by atoms with Gasteiger partial charge in [-0.2, -0.15) is 0 Å². The maximum atomic E-state index is 10.4. The third-order valence-electron chi connectivity index (χ3n) is 4.62. The minimum atomic E-state index is -0.722. The largest absolute Gasteiger partial charge is 0.497 e. The van der Waals surface area contributed by atoms with Crippen LogP contribution in [0.1, 0.15) is 23.0 Å². The summed E-state index contributed by atoms with van der Waals surface area (Å²) in [6, 6.07) is 13.2. The highest BCUT2D eigenvalue weighted by atomic mass is 35.5. The number of rotatable bonds is 9. The van der Waals surface area contributed by atoms with E-state index in [0.29, 0.717) is 17.3 Å². The summed E-state index contributed by atoms with van der Waals surface area (Å²) in [5.74, 6) is 2.17. The summed E-state index contributed by atoms with van der Waals surface area (Å²) in [7, 11) is 3.58. The molecule has 0 aliphatic carbocycles. The van der Waals surface area contributed by atoms with Crippen LogP contribution in [-0.4, -0.2) is 41.0 Å². The zero-order valence-corrected chi connectivity index (χ0v) is 18.8. The molecule has 2 aromatic carbocycles. The molecule has 30 heavy (non-hydrogen) atoms. The molecule has 2 N–H and O–H groups in total. The van der Waals surface area contributed by atoms with Gasteiger partial charge in [-0.3, -0.25) is 0 Å². The number of benzene rings is 2. The summed E-state index contributed by atoms with van der Waals surface area (Å²) in [6.45, 7) is 2.41. The van der Waals surface area contributed by atoms with Gasteiger partial charge in [0.25, 0.3) is 0 Å². The molecule has 0 aliphatic heterocycles. The Morgan fingerprint density at radius 1 is 1.23 bits per heavy atom. The molecule has 0 saturated heterocycles. The Bertz CT molecular complexity index is 949. The number of methoxy groups -OCH3 is 1. The predicted molar refractivity (Wildman–Crippen MR) is 121 cm³/mol. The second-order valence-electron chi connectivity index (χ2n) is 6.91. The lowest BCUT2D eigenvalue weighted by molar-refractivity contribution is 0.104. The zero-order chi connectivity index (χ0) is 20.8. The minimum absolute atomic E-state index is 0. The normalized spacial score (nSPS) is 12.7. The fourth-order valence-electron chi connectivity index (χ4n) is 3.06. The van der Waals surface area contributed by atoms with E-state index in [4.69, 9.17) is 21.1 Å². The molecule has 0 aliphatic rings. The van der Waals surface area contributed by atoms with Crippen LogP contribution in [0.2, 0.25) is 5.02 Å². The molecule has 0 spiro atoms. The molecule has 0 radical (unpaired) electrons. The van der Waals surface area contributed by atoms with Crippen molar-refractivity contribution in [1.82, 2.24) is 14.9 Å². The van der Waals surface area contributed by atoms with Crippen molar-refractivity contribution in [2.45, 2.75) is 19.1 Å². The van der Waals surface area contributed by atoms with Crippen LogP contribution in [-0.2, 0) is 7.05 Å². The number of imidazole rings is 1. The van der Waals surface area contributed by atoms with E-state index in [1.165, 1.54) is 0 Å². The summed E-state index contributed by atoms with van der Waals surface area (Å²) in [6.07, 6.45) is 2.92. The smallest absolute Gasteiger partial charge is 0.138 e. The first kappa shape index (κ1) is 24.0. The summed E-state index contributed by atoms with van der Waals surface area (Å²) in [5, 5.41) is 14.4. The Morgan fingerprint density at radius 3 is 2.70 bits per heavy atom. The third-order valence-corrected chi connectivity index (χ3v) is 4.92. The van der Waals surface area contributed by atoms with Crippen LogP contribution >= 0.6 is 24.0 Å². The molecule has 1 aromatic heterocycles. The third kappa shape index (κ3) is 6.12. The van der Waals surface area contributed by atoms with Crippen LogP contribution in [0.15, 0.2) is 54.9 Å². The quantitative estimate of drug-likeness (QED) is 0.515. The van der Waals surface area contributed by atoms with Crippen LogP contribution < -0.4 is 14.8 Å². The molecule has 162 valence electrons. The van der Waals surface area contributed by atoms with Crippen LogP contribution in [0.4, 0.5) is 0 Å². The van der Waals surface area contributed by atoms with Gasteiger partial charge in [-0.05, 0) is 42.3 Å². The maximum absolute atomic E-state index is 10.4. The minimum Gasteiger partial charge on any atom is -0.497 e. The lowest BCUT2D eigenvalue weighted by Crippen LogP contribution is -2.35. The molecule has 0 fully saturated rings. The highest BCUT2D eigenvalue weighted by molar-refractivity contribution is 6.32. The number of aryl methyl sites for hydroxylation is 2. The number of ether oxygens (including phenoxy) is 2. The highest BCUT2D eigenvalue weighted by Gasteiger charge is 2.20. The van der Waals surface area contributed by atoms with Crippen molar-refractivity contribution < 1.29 is 14.6 Å². The Kier molecular flexibility index (Phi) is 8.99. The first-order valence-electron chi connectivity index (χ1n) is 9.39. The van der Waals surface area contributed by atoms with E-state index in [2.05, 4.69) is 10.3 Å². The van der Waals surface area contributed by atoms with E-state index in [-0.39, 0.29) is 25.1 Å². The fourth-order valence-corrected chi connectivity index (χ4v) is 3.35. The summed E-state index contributed by atoms with van der Waals surface area (Å²) in [5.41, 5.74) is 2.05. The van der Waals surface area contributed by atoms with Gasteiger partial charge in [0.05, 0.1) is 18.2 Å².